The van der Waals surface area contributed by atoms with Gasteiger partial charge in [0.15, 0.2) is 0 Å². The summed E-state index contributed by atoms with van der Waals surface area (Å²) in [6, 6.07) is 22.9. The quantitative estimate of drug-likeness (QED) is 0.487. The van der Waals surface area contributed by atoms with Gasteiger partial charge in [-0.3, -0.25) is 14.6 Å². The average Bonchev–Trinajstić information content (AvgIpc) is 3.28. The molecule has 8 heteroatoms. The number of likely N-dealkylation sites (tertiary alicyclic amines) is 1. The van der Waals surface area contributed by atoms with Crippen molar-refractivity contribution in [1.29, 1.82) is 0 Å². The van der Waals surface area contributed by atoms with Gasteiger partial charge in [-0.2, -0.15) is 0 Å². The second-order valence-corrected chi connectivity index (χ2v) is 10.3. The zero-order chi connectivity index (χ0) is 25.1. The summed E-state index contributed by atoms with van der Waals surface area (Å²) in [5.74, 6) is -0.104. The van der Waals surface area contributed by atoms with Crippen LogP contribution in [0.15, 0.2) is 72.8 Å². The van der Waals surface area contributed by atoms with Gasteiger partial charge in [-0.15, -0.1) is 0 Å². The van der Waals surface area contributed by atoms with E-state index in [9.17, 15) is 9.90 Å². The van der Waals surface area contributed by atoms with E-state index in [-0.39, 0.29) is 11.9 Å². The highest BCUT2D eigenvalue weighted by molar-refractivity contribution is 6.31. The molecule has 0 aliphatic carbocycles. The molecule has 36 heavy (non-hydrogen) atoms. The van der Waals surface area contributed by atoms with E-state index in [2.05, 4.69) is 27.2 Å². The van der Waals surface area contributed by atoms with Crippen LogP contribution in [0.1, 0.15) is 15.9 Å². The summed E-state index contributed by atoms with van der Waals surface area (Å²) in [5.41, 5.74) is 3.33. The summed E-state index contributed by atoms with van der Waals surface area (Å²) in [4.78, 5) is 20.0. The molecule has 1 amide bonds. The Morgan fingerprint density at radius 1 is 0.889 bits per heavy atom. The highest BCUT2D eigenvalue weighted by atomic mass is 35.5. The fourth-order valence-corrected chi connectivity index (χ4v) is 5.35. The molecule has 0 spiro atoms. The topological polar surface area (TPSA) is 59.1 Å². The monoisotopic (exact) mass is 524 g/mol. The Balaban J connectivity index is 1.21. The summed E-state index contributed by atoms with van der Waals surface area (Å²) in [7, 11) is 0. The van der Waals surface area contributed by atoms with Gasteiger partial charge in [0, 0.05) is 61.5 Å². The first kappa shape index (κ1) is 25.1. The molecule has 0 saturated carbocycles. The van der Waals surface area contributed by atoms with Gasteiger partial charge in [0.05, 0.1) is 23.4 Å². The first-order chi connectivity index (χ1) is 17.5. The molecule has 2 aliphatic heterocycles. The van der Waals surface area contributed by atoms with Crippen molar-refractivity contribution < 1.29 is 9.90 Å². The number of nitrogens with zero attached hydrogens (tertiary/aromatic N) is 3. The minimum absolute atomic E-state index is 0.0653. The van der Waals surface area contributed by atoms with Gasteiger partial charge < -0.3 is 15.3 Å². The standard InChI is InChI=1S/C28H30Cl2N4O2/c29-21-8-6-20(7-9-21)17-32-12-14-33(15-13-32)26-18-34(19-27(26)35)28(36)24-11-10-22(30)16-25(24)31-23-4-2-1-3-5-23/h1-11,16,26-27,31,35H,12-15,17-19H2/t26-,27-/m1/s1. The first-order valence-corrected chi connectivity index (χ1v) is 13.0. The van der Waals surface area contributed by atoms with E-state index in [1.54, 1.807) is 23.1 Å². The van der Waals surface area contributed by atoms with Crippen LogP contribution in [0.4, 0.5) is 11.4 Å². The van der Waals surface area contributed by atoms with Crippen LogP contribution in [0.5, 0.6) is 0 Å². The maximum absolute atomic E-state index is 13.5. The Morgan fingerprint density at radius 3 is 2.31 bits per heavy atom. The molecule has 188 valence electrons. The molecule has 2 atom stereocenters. The Labute approximate surface area is 222 Å². The highest BCUT2D eigenvalue weighted by Gasteiger charge is 2.39. The minimum Gasteiger partial charge on any atom is -0.390 e. The van der Waals surface area contributed by atoms with Crippen LogP contribution >= 0.6 is 23.2 Å². The number of para-hydroxylation sites is 1. The molecular weight excluding hydrogens is 495 g/mol. The maximum Gasteiger partial charge on any atom is 0.256 e. The molecule has 2 aliphatic rings. The Kier molecular flexibility index (Phi) is 7.79. The molecule has 0 aromatic heterocycles. The van der Waals surface area contributed by atoms with Crippen LogP contribution in [0.3, 0.4) is 0 Å². The number of benzene rings is 3. The SMILES string of the molecule is O=C(c1ccc(Cl)cc1Nc1ccccc1)N1C[C@@H](O)[C@H](N2CCN(Cc3ccc(Cl)cc3)CC2)C1. The molecule has 0 unspecified atom stereocenters. The summed E-state index contributed by atoms with van der Waals surface area (Å²) in [6.07, 6.45) is -0.574. The van der Waals surface area contributed by atoms with Gasteiger partial charge in [0.2, 0.25) is 0 Å². The Hall–Kier alpha value is -2.61. The van der Waals surface area contributed by atoms with Gasteiger partial charge >= 0.3 is 0 Å². The van der Waals surface area contributed by atoms with Crippen LogP contribution < -0.4 is 5.32 Å². The lowest BCUT2D eigenvalue weighted by atomic mass is 10.1. The highest BCUT2D eigenvalue weighted by Crippen LogP contribution is 2.28. The lowest BCUT2D eigenvalue weighted by molar-refractivity contribution is 0.0423. The van der Waals surface area contributed by atoms with Crippen LogP contribution in [-0.4, -0.2) is 77.1 Å². The fourth-order valence-electron chi connectivity index (χ4n) is 5.05. The number of carbonyl (C=O) groups is 1. The number of hydrogen-bond donors (Lipinski definition) is 2. The van der Waals surface area contributed by atoms with Gasteiger partial charge in [0.1, 0.15) is 0 Å². The fraction of sp³-hybridized carbons (Fsp3) is 0.321. The molecule has 0 bridgehead atoms. The number of β-amino-alcohol motifs (C(OH)–C–C–N with tert-alkyl or cyclic N) is 1. The number of aliphatic hydroxyl groups is 1. The predicted octanol–water partition coefficient (Wildman–Crippen LogP) is 4.74. The van der Waals surface area contributed by atoms with Crippen LogP contribution in [0.2, 0.25) is 10.0 Å². The van der Waals surface area contributed by atoms with Crippen LogP contribution in [0, 0.1) is 0 Å². The first-order valence-electron chi connectivity index (χ1n) is 12.3. The zero-order valence-electron chi connectivity index (χ0n) is 20.0. The Morgan fingerprint density at radius 2 is 1.58 bits per heavy atom. The summed E-state index contributed by atoms with van der Waals surface area (Å²) >= 11 is 12.2. The number of amides is 1. The molecule has 2 saturated heterocycles. The van der Waals surface area contributed by atoms with E-state index in [0.717, 1.165) is 43.4 Å². The van der Waals surface area contributed by atoms with E-state index >= 15 is 0 Å². The number of piperazine rings is 1. The van der Waals surface area contributed by atoms with Crippen molar-refractivity contribution >= 4 is 40.5 Å². The third-order valence-electron chi connectivity index (χ3n) is 7.01. The summed E-state index contributed by atoms with van der Waals surface area (Å²) in [5, 5.41) is 15.5. The number of hydrogen-bond acceptors (Lipinski definition) is 5. The Bertz CT molecular complexity index is 1180. The number of halogens is 2. The van der Waals surface area contributed by atoms with Crippen molar-refractivity contribution in [3.05, 3.63) is 94.0 Å². The summed E-state index contributed by atoms with van der Waals surface area (Å²) < 4.78 is 0. The number of carbonyl (C=O) groups excluding carboxylic acids is 1. The number of anilines is 2. The molecule has 2 N–H and O–H groups in total. The van der Waals surface area contributed by atoms with E-state index in [0.29, 0.717) is 29.4 Å². The third-order valence-corrected chi connectivity index (χ3v) is 7.49. The minimum atomic E-state index is -0.574. The number of rotatable bonds is 6. The van der Waals surface area contributed by atoms with Gasteiger partial charge in [-0.25, -0.2) is 0 Å². The third kappa shape index (κ3) is 5.85. The summed E-state index contributed by atoms with van der Waals surface area (Å²) in [6.45, 7) is 5.27. The zero-order valence-corrected chi connectivity index (χ0v) is 21.5. The van der Waals surface area contributed by atoms with Crippen molar-refractivity contribution in [2.45, 2.75) is 18.7 Å². The maximum atomic E-state index is 13.5. The van der Waals surface area contributed by atoms with Crippen molar-refractivity contribution in [3.63, 3.8) is 0 Å². The molecule has 2 fully saturated rings. The molecule has 0 radical (unpaired) electrons. The van der Waals surface area contributed by atoms with E-state index in [1.807, 2.05) is 42.5 Å². The van der Waals surface area contributed by atoms with Crippen molar-refractivity contribution in [3.8, 4) is 0 Å². The lowest BCUT2D eigenvalue weighted by Gasteiger charge is -2.38. The molecular formula is C28H30Cl2N4O2. The van der Waals surface area contributed by atoms with Crippen molar-refractivity contribution in [2.24, 2.45) is 0 Å². The van der Waals surface area contributed by atoms with E-state index in [4.69, 9.17) is 23.2 Å². The van der Waals surface area contributed by atoms with Gasteiger partial charge in [-0.05, 0) is 48.0 Å². The van der Waals surface area contributed by atoms with Gasteiger partial charge in [0.25, 0.3) is 5.91 Å². The smallest absolute Gasteiger partial charge is 0.256 e. The molecule has 2 heterocycles. The molecule has 5 rings (SSSR count). The normalized spacial score (nSPS) is 21.0. The van der Waals surface area contributed by atoms with Crippen molar-refractivity contribution in [1.82, 2.24) is 14.7 Å². The largest absolute Gasteiger partial charge is 0.390 e. The molecule has 3 aromatic rings. The van der Waals surface area contributed by atoms with Crippen LogP contribution in [-0.2, 0) is 6.54 Å². The van der Waals surface area contributed by atoms with E-state index in [1.165, 1.54) is 5.56 Å². The second kappa shape index (κ2) is 11.2. The number of aliphatic hydroxyl groups excluding tert-OH is 1. The van der Waals surface area contributed by atoms with Crippen LogP contribution in [0.25, 0.3) is 0 Å². The van der Waals surface area contributed by atoms with Crippen molar-refractivity contribution in [2.75, 3.05) is 44.6 Å². The lowest BCUT2D eigenvalue weighted by Crippen LogP contribution is -2.53. The second-order valence-electron chi connectivity index (χ2n) is 9.46. The average molecular weight is 525 g/mol. The van der Waals surface area contributed by atoms with E-state index < -0.39 is 6.10 Å². The number of nitrogens with one attached hydrogen (secondary N) is 1. The predicted molar refractivity (Wildman–Crippen MR) is 145 cm³/mol. The molecule has 3 aromatic carbocycles. The van der Waals surface area contributed by atoms with Gasteiger partial charge in [-0.1, -0.05) is 53.5 Å². The molecule has 6 nitrogen and oxygen atoms in total.